The van der Waals surface area contributed by atoms with Crippen LogP contribution in [-0.4, -0.2) is 27.5 Å². The Bertz CT molecular complexity index is 454. The molecule has 0 aliphatic carbocycles. The van der Waals surface area contributed by atoms with Crippen LogP contribution in [0.25, 0.3) is 11.4 Å². The van der Waals surface area contributed by atoms with Gasteiger partial charge >= 0.3 is 0 Å². The summed E-state index contributed by atoms with van der Waals surface area (Å²) in [5, 5.41) is 7.49. The standard InChI is InChI=1S/C10H11FN4S/c11-8-3-1-7(2-4-8)9-13-10(15-14-9)16-6-5-12/h1-4H,5-6,12H2,(H,13,14,15). The first-order valence-corrected chi connectivity index (χ1v) is 5.79. The van der Waals surface area contributed by atoms with Crippen LogP contribution in [0.3, 0.4) is 0 Å². The minimum atomic E-state index is -0.263. The van der Waals surface area contributed by atoms with Gasteiger partial charge in [0.1, 0.15) is 5.82 Å². The van der Waals surface area contributed by atoms with Crippen LogP contribution in [0.4, 0.5) is 4.39 Å². The highest BCUT2D eigenvalue weighted by Crippen LogP contribution is 2.18. The lowest BCUT2D eigenvalue weighted by atomic mass is 10.2. The summed E-state index contributed by atoms with van der Waals surface area (Å²) in [6.07, 6.45) is 0. The Morgan fingerprint density at radius 1 is 1.31 bits per heavy atom. The molecule has 0 atom stereocenters. The van der Waals surface area contributed by atoms with Gasteiger partial charge in [0, 0.05) is 17.9 Å². The Labute approximate surface area is 96.5 Å². The van der Waals surface area contributed by atoms with E-state index in [1.54, 1.807) is 12.1 Å². The summed E-state index contributed by atoms with van der Waals surface area (Å²) < 4.78 is 12.7. The predicted molar refractivity (Wildman–Crippen MR) is 61.6 cm³/mol. The topological polar surface area (TPSA) is 67.6 Å². The Hall–Kier alpha value is -1.40. The van der Waals surface area contributed by atoms with Crippen molar-refractivity contribution in [2.45, 2.75) is 5.16 Å². The van der Waals surface area contributed by atoms with Crippen LogP contribution in [0.5, 0.6) is 0 Å². The van der Waals surface area contributed by atoms with Gasteiger partial charge in [0.05, 0.1) is 0 Å². The summed E-state index contributed by atoms with van der Waals surface area (Å²) in [5.74, 6) is 1.15. The number of aromatic amines is 1. The first-order valence-electron chi connectivity index (χ1n) is 4.81. The summed E-state index contributed by atoms with van der Waals surface area (Å²) in [6.45, 7) is 0.588. The van der Waals surface area contributed by atoms with Crippen molar-refractivity contribution in [3.8, 4) is 11.4 Å². The molecular weight excluding hydrogens is 227 g/mol. The maximum absolute atomic E-state index is 12.7. The fourth-order valence-corrected chi connectivity index (χ4v) is 1.76. The maximum Gasteiger partial charge on any atom is 0.208 e. The van der Waals surface area contributed by atoms with Gasteiger partial charge in [-0.1, -0.05) is 11.8 Å². The minimum absolute atomic E-state index is 0.263. The smallest absolute Gasteiger partial charge is 0.208 e. The van der Waals surface area contributed by atoms with Crippen LogP contribution in [0, 0.1) is 5.82 Å². The van der Waals surface area contributed by atoms with Crippen molar-refractivity contribution in [3.05, 3.63) is 30.1 Å². The van der Waals surface area contributed by atoms with Crippen LogP contribution in [0.15, 0.2) is 29.4 Å². The summed E-state index contributed by atoms with van der Waals surface area (Å²) in [7, 11) is 0. The van der Waals surface area contributed by atoms with Crippen molar-refractivity contribution in [1.29, 1.82) is 0 Å². The van der Waals surface area contributed by atoms with Crippen LogP contribution in [0.2, 0.25) is 0 Å². The number of nitrogens with zero attached hydrogens (tertiary/aromatic N) is 2. The van der Waals surface area contributed by atoms with Crippen molar-refractivity contribution < 1.29 is 4.39 Å². The van der Waals surface area contributed by atoms with E-state index < -0.39 is 0 Å². The molecule has 0 bridgehead atoms. The second kappa shape index (κ2) is 5.09. The van der Waals surface area contributed by atoms with Gasteiger partial charge in [0.25, 0.3) is 0 Å². The van der Waals surface area contributed by atoms with Gasteiger partial charge in [-0.2, -0.15) is 0 Å². The second-order valence-electron chi connectivity index (χ2n) is 3.11. The van der Waals surface area contributed by atoms with E-state index >= 15 is 0 Å². The van der Waals surface area contributed by atoms with E-state index in [-0.39, 0.29) is 5.82 Å². The number of H-pyrrole nitrogens is 1. The number of nitrogens with one attached hydrogen (secondary N) is 1. The Morgan fingerprint density at radius 2 is 2.06 bits per heavy atom. The first kappa shape index (κ1) is 11.1. The lowest BCUT2D eigenvalue weighted by molar-refractivity contribution is 0.628. The maximum atomic E-state index is 12.7. The van der Waals surface area contributed by atoms with Gasteiger partial charge in [-0.25, -0.2) is 9.37 Å². The minimum Gasteiger partial charge on any atom is -0.330 e. The molecular formula is C10H11FN4S. The molecule has 2 aromatic rings. The van der Waals surface area contributed by atoms with Crippen molar-refractivity contribution in [2.24, 2.45) is 5.73 Å². The lowest BCUT2D eigenvalue weighted by Gasteiger charge is -1.94. The van der Waals surface area contributed by atoms with Gasteiger partial charge in [-0.3, -0.25) is 5.10 Å². The highest BCUT2D eigenvalue weighted by Gasteiger charge is 2.05. The highest BCUT2D eigenvalue weighted by atomic mass is 32.2. The number of hydrogen-bond donors (Lipinski definition) is 2. The molecule has 4 nitrogen and oxygen atoms in total. The molecule has 0 saturated carbocycles. The molecule has 0 fully saturated rings. The molecule has 0 amide bonds. The predicted octanol–water partition coefficient (Wildman–Crippen LogP) is 1.66. The molecule has 0 spiro atoms. The number of aromatic nitrogens is 3. The Balaban J connectivity index is 2.15. The lowest BCUT2D eigenvalue weighted by Crippen LogP contribution is -2.01. The molecule has 3 N–H and O–H groups in total. The fourth-order valence-electron chi connectivity index (χ4n) is 1.20. The van der Waals surface area contributed by atoms with E-state index in [9.17, 15) is 4.39 Å². The van der Waals surface area contributed by atoms with E-state index in [0.717, 1.165) is 11.3 Å². The number of hydrogen-bond acceptors (Lipinski definition) is 4. The molecule has 6 heteroatoms. The summed E-state index contributed by atoms with van der Waals surface area (Å²) >= 11 is 1.49. The first-order chi connectivity index (χ1) is 7.79. The number of rotatable bonds is 4. The SMILES string of the molecule is NCCSc1n[nH]c(-c2ccc(F)cc2)n1. The average molecular weight is 238 g/mol. The van der Waals surface area contributed by atoms with Crippen molar-refractivity contribution >= 4 is 11.8 Å². The van der Waals surface area contributed by atoms with E-state index in [4.69, 9.17) is 5.73 Å². The van der Waals surface area contributed by atoms with Crippen LogP contribution in [-0.2, 0) is 0 Å². The Morgan fingerprint density at radius 3 is 2.75 bits per heavy atom. The zero-order valence-electron chi connectivity index (χ0n) is 8.48. The van der Waals surface area contributed by atoms with E-state index in [1.807, 2.05) is 0 Å². The van der Waals surface area contributed by atoms with Gasteiger partial charge in [-0.15, -0.1) is 5.10 Å². The average Bonchev–Trinajstić information content (AvgIpc) is 2.76. The molecule has 16 heavy (non-hydrogen) atoms. The molecule has 1 heterocycles. The van der Waals surface area contributed by atoms with E-state index in [2.05, 4.69) is 15.2 Å². The quantitative estimate of drug-likeness (QED) is 0.795. The molecule has 0 saturated heterocycles. The van der Waals surface area contributed by atoms with Crippen LogP contribution >= 0.6 is 11.8 Å². The molecule has 2 rings (SSSR count). The molecule has 0 unspecified atom stereocenters. The summed E-state index contributed by atoms with van der Waals surface area (Å²) in [4.78, 5) is 4.27. The molecule has 0 aliphatic heterocycles. The molecule has 0 aliphatic rings. The normalized spacial score (nSPS) is 10.6. The molecule has 1 aromatic heterocycles. The fraction of sp³-hybridized carbons (Fsp3) is 0.200. The third kappa shape index (κ3) is 2.59. The van der Waals surface area contributed by atoms with Gasteiger partial charge in [0.2, 0.25) is 5.16 Å². The number of nitrogens with two attached hydrogens (primary N) is 1. The zero-order valence-corrected chi connectivity index (χ0v) is 9.30. The molecule has 0 radical (unpaired) electrons. The van der Waals surface area contributed by atoms with Crippen LogP contribution < -0.4 is 5.73 Å². The number of benzene rings is 1. The second-order valence-corrected chi connectivity index (χ2v) is 4.17. The monoisotopic (exact) mass is 238 g/mol. The molecule has 84 valence electrons. The molecule has 1 aromatic carbocycles. The Kier molecular flexibility index (Phi) is 3.53. The number of halogens is 1. The van der Waals surface area contributed by atoms with Gasteiger partial charge in [-0.05, 0) is 24.3 Å². The summed E-state index contributed by atoms with van der Waals surface area (Å²) in [5.41, 5.74) is 6.20. The largest absolute Gasteiger partial charge is 0.330 e. The van der Waals surface area contributed by atoms with Crippen molar-refractivity contribution in [1.82, 2.24) is 15.2 Å². The third-order valence-electron chi connectivity index (χ3n) is 1.93. The zero-order chi connectivity index (χ0) is 11.4. The van der Waals surface area contributed by atoms with Gasteiger partial charge < -0.3 is 5.73 Å². The van der Waals surface area contributed by atoms with Crippen LogP contribution in [0.1, 0.15) is 0 Å². The van der Waals surface area contributed by atoms with E-state index in [1.165, 1.54) is 23.9 Å². The third-order valence-corrected chi connectivity index (χ3v) is 2.81. The van der Waals surface area contributed by atoms with Gasteiger partial charge in [0.15, 0.2) is 5.82 Å². The van der Waals surface area contributed by atoms with Crippen molar-refractivity contribution in [3.63, 3.8) is 0 Å². The van der Waals surface area contributed by atoms with Crippen molar-refractivity contribution in [2.75, 3.05) is 12.3 Å². The summed E-state index contributed by atoms with van der Waals surface area (Å²) in [6, 6.07) is 6.11. The van der Waals surface area contributed by atoms with E-state index in [0.29, 0.717) is 17.5 Å². The highest BCUT2D eigenvalue weighted by molar-refractivity contribution is 7.99. The number of thioether (sulfide) groups is 1.